The van der Waals surface area contributed by atoms with Gasteiger partial charge in [0, 0.05) is 18.9 Å². The van der Waals surface area contributed by atoms with Crippen molar-refractivity contribution >= 4 is 6.41 Å². The van der Waals surface area contributed by atoms with Crippen LogP contribution in [-0.4, -0.2) is 17.9 Å². The summed E-state index contributed by atoms with van der Waals surface area (Å²) in [7, 11) is 0. The molecule has 0 aliphatic carbocycles. The number of carbonyl (C=O) groups is 1. The number of nitrogens with zero attached hydrogens (tertiary/aromatic N) is 1. The molecule has 58 valence electrons. The van der Waals surface area contributed by atoms with Crippen LogP contribution in [0.5, 0.6) is 0 Å². The van der Waals surface area contributed by atoms with E-state index < -0.39 is 0 Å². The van der Waals surface area contributed by atoms with Crippen molar-refractivity contribution < 1.29 is 4.79 Å². The predicted molar refractivity (Wildman–Crippen MR) is 42.0 cm³/mol. The molecule has 1 heterocycles. The molecule has 0 bridgehead atoms. The normalized spacial score (nSPS) is 9.09. The molecule has 0 spiro atoms. The second kappa shape index (κ2) is 4.44. The van der Waals surface area contributed by atoms with E-state index in [9.17, 15) is 4.79 Å². The molecule has 1 aromatic heterocycles. The van der Waals surface area contributed by atoms with Gasteiger partial charge in [-0.25, -0.2) is 0 Å². The SMILES string of the molecule is O=CNCCc1cccnc1. The Balaban J connectivity index is 2.33. The Hall–Kier alpha value is -1.38. The molecule has 0 aromatic carbocycles. The molecule has 3 heteroatoms. The first-order valence-corrected chi connectivity index (χ1v) is 3.49. The summed E-state index contributed by atoms with van der Waals surface area (Å²) in [6.07, 6.45) is 5.08. The molecular formula is C8H10N2O. The van der Waals surface area contributed by atoms with E-state index in [0.29, 0.717) is 13.0 Å². The number of carbonyl (C=O) groups excluding carboxylic acids is 1. The molecule has 1 rings (SSSR count). The van der Waals surface area contributed by atoms with Crippen molar-refractivity contribution in [1.82, 2.24) is 10.3 Å². The zero-order valence-corrected chi connectivity index (χ0v) is 6.16. The average molecular weight is 150 g/mol. The highest BCUT2D eigenvalue weighted by molar-refractivity contribution is 5.45. The van der Waals surface area contributed by atoms with Crippen LogP contribution < -0.4 is 5.32 Å². The molecular weight excluding hydrogens is 140 g/mol. The van der Waals surface area contributed by atoms with Gasteiger partial charge in [-0.05, 0) is 18.1 Å². The fourth-order valence-corrected chi connectivity index (χ4v) is 0.821. The molecule has 0 saturated heterocycles. The summed E-state index contributed by atoms with van der Waals surface area (Å²) in [5, 5.41) is 2.59. The second-order valence-electron chi connectivity index (χ2n) is 2.18. The van der Waals surface area contributed by atoms with Gasteiger partial charge in [-0.1, -0.05) is 6.07 Å². The van der Waals surface area contributed by atoms with Gasteiger partial charge in [0.05, 0.1) is 0 Å². The van der Waals surface area contributed by atoms with Gasteiger partial charge in [0.15, 0.2) is 0 Å². The van der Waals surface area contributed by atoms with E-state index in [1.807, 2.05) is 12.1 Å². The third kappa shape index (κ3) is 2.80. The van der Waals surface area contributed by atoms with E-state index in [2.05, 4.69) is 10.3 Å². The number of hydrogen-bond acceptors (Lipinski definition) is 2. The van der Waals surface area contributed by atoms with Crippen molar-refractivity contribution in [3.8, 4) is 0 Å². The Morgan fingerprint density at radius 1 is 1.64 bits per heavy atom. The highest BCUT2D eigenvalue weighted by atomic mass is 16.1. The highest BCUT2D eigenvalue weighted by Gasteiger charge is 1.88. The van der Waals surface area contributed by atoms with Crippen LogP contribution in [0.15, 0.2) is 24.5 Å². The smallest absolute Gasteiger partial charge is 0.207 e. The summed E-state index contributed by atoms with van der Waals surface area (Å²) in [6, 6.07) is 3.87. The van der Waals surface area contributed by atoms with E-state index in [4.69, 9.17) is 0 Å². The van der Waals surface area contributed by atoms with E-state index in [1.165, 1.54) is 0 Å². The summed E-state index contributed by atoms with van der Waals surface area (Å²) in [5.74, 6) is 0. The lowest BCUT2D eigenvalue weighted by Gasteiger charge is -1.97. The fraction of sp³-hybridized carbons (Fsp3) is 0.250. The van der Waals surface area contributed by atoms with Gasteiger partial charge in [-0.2, -0.15) is 0 Å². The number of pyridine rings is 1. The highest BCUT2D eigenvalue weighted by Crippen LogP contribution is 1.94. The van der Waals surface area contributed by atoms with Crippen LogP contribution in [0.2, 0.25) is 0 Å². The summed E-state index contributed by atoms with van der Waals surface area (Å²) >= 11 is 0. The molecule has 11 heavy (non-hydrogen) atoms. The molecule has 0 atom stereocenters. The minimum absolute atomic E-state index is 0.676. The van der Waals surface area contributed by atoms with E-state index in [-0.39, 0.29) is 0 Å². The van der Waals surface area contributed by atoms with Crippen molar-refractivity contribution in [3.05, 3.63) is 30.1 Å². The molecule has 3 nitrogen and oxygen atoms in total. The first kappa shape index (κ1) is 7.72. The Morgan fingerprint density at radius 3 is 3.18 bits per heavy atom. The number of amides is 1. The zero-order chi connectivity index (χ0) is 7.94. The monoisotopic (exact) mass is 150 g/mol. The lowest BCUT2D eigenvalue weighted by Crippen LogP contribution is -2.14. The number of nitrogens with one attached hydrogen (secondary N) is 1. The second-order valence-corrected chi connectivity index (χ2v) is 2.18. The van der Waals surface area contributed by atoms with Gasteiger partial charge in [-0.3, -0.25) is 9.78 Å². The van der Waals surface area contributed by atoms with Gasteiger partial charge in [-0.15, -0.1) is 0 Å². The molecule has 0 saturated carbocycles. The largest absolute Gasteiger partial charge is 0.358 e. The number of rotatable bonds is 4. The van der Waals surface area contributed by atoms with Crippen LogP contribution in [-0.2, 0) is 11.2 Å². The molecule has 0 aliphatic heterocycles. The maximum Gasteiger partial charge on any atom is 0.207 e. The van der Waals surface area contributed by atoms with Crippen molar-refractivity contribution in [2.75, 3.05) is 6.54 Å². The standard InChI is InChI=1S/C8H10N2O/c11-7-10-5-3-8-2-1-4-9-6-8/h1-2,4,6-7H,3,5H2,(H,10,11). The maximum atomic E-state index is 9.87. The van der Waals surface area contributed by atoms with Crippen LogP contribution in [0.3, 0.4) is 0 Å². The topological polar surface area (TPSA) is 42.0 Å². The Bertz CT molecular complexity index is 211. The third-order valence-corrected chi connectivity index (χ3v) is 1.36. The zero-order valence-electron chi connectivity index (χ0n) is 6.16. The molecule has 1 amide bonds. The van der Waals surface area contributed by atoms with Crippen molar-refractivity contribution in [2.24, 2.45) is 0 Å². The van der Waals surface area contributed by atoms with Gasteiger partial charge >= 0.3 is 0 Å². The number of aromatic nitrogens is 1. The van der Waals surface area contributed by atoms with Crippen LogP contribution in [0.1, 0.15) is 5.56 Å². The van der Waals surface area contributed by atoms with Crippen molar-refractivity contribution in [3.63, 3.8) is 0 Å². The van der Waals surface area contributed by atoms with Crippen LogP contribution >= 0.6 is 0 Å². The van der Waals surface area contributed by atoms with Gasteiger partial charge in [0.2, 0.25) is 6.41 Å². The van der Waals surface area contributed by atoms with Crippen molar-refractivity contribution in [1.29, 1.82) is 0 Å². The fourth-order valence-electron chi connectivity index (χ4n) is 0.821. The molecule has 1 aromatic rings. The van der Waals surface area contributed by atoms with Crippen LogP contribution in [0, 0.1) is 0 Å². The van der Waals surface area contributed by atoms with E-state index in [0.717, 1.165) is 12.0 Å². The first-order valence-electron chi connectivity index (χ1n) is 3.49. The lowest BCUT2D eigenvalue weighted by atomic mass is 10.2. The van der Waals surface area contributed by atoms with E-state index >= 15 is 0 Å². The predicted octanol–water partition coefficient (Wildman–Crippen LogP) is 0.370. The molecule has 1 N–H and O–H groups in total. The average Bonchev–Trinajstić information content (AvgIpc) is 2.07. The first-order chi connectivity index (χ1) is 5.43. The minimum Gasteiger partial charge on any atom is -0.358 e. The minimum atomic E-state index is 0.676. The van der Waals surface area contributed by atoms with E-state index in [1.54, 1.807) is 12.4 Å². The lowest BCUT2D eigenvalue weighted by molar-refractivity contribution is -0.109. The molecule has 0 radical (unpaired) electrons. The maximum absolute atomic E-state index is 9.87. The molecule has 0 fully saturated rings. The quantitative estimate of drug-likeness (QED) is 0.497. The van der Waals surface area contributed by atoms with Gasteiger partial charge in [0.1, 0.15) is 0 Å². The number of hydrogen-bond donors (Lipinski definition) is 1. The summed E-state index contributed by atoms with van der Waals surface area (Å²) in [5.41, 5.74) is 1.14. The Kier molecular flexibility index (Phi) is 3.12. The Morgan fingerprint density at radius 2 is 2.55 bits per heavy atom. The van der Waals surface area contributed by atoms with Crippen molar-refractivity contribution in [2.45, 2.75) is 6.42 Å². The Labute approximate surface area is 65.5 Å². The summed E-state index contributed by atoms with van der Waals surface area (Å²) in [6.45, 7) is 0.676. The molecule has 0 unspecified atom stereocenters. The summed E-state index contributed by atoms with van der Waals surface area (Å²) < 4.78 is 0. The van der Waals surface area contributed by atoms with Crippen LogP contribution in [0.4, 0.5) is 0 Å². The van der Waals surface area contributed by atoms with Crippen LogP contribution in [0.25, 0.3) is 0 Å². The third-order valence-electron chi connectivity index (χ3n) is 1.36. The van der Waals surface area contributed by atoms with Gasteiger partial charge < -0.3 is 5.32 Å². The molecule has 0 aliphatic rings. The van der Waals surface area contributed by atoms with Gasteiger partial charge in [0.25, 0.3) is 0 Å². The summed E-state index contributed by atoms with van der Waals surface area (Å²) in [4.78, 5) is 13.8.